The zero-order valence-corrected chi connectivity index (χ0v) is 14.2. The van der Waals surface area contributed by atoms with E-state index in [0.29, 0.717) is 6.42 Å². The molecule has 4 nitrogen and oxygen atoms in total. The van der Waals surface area contributed by atoms with Crippen LogP contribution in [-0.4, -0.2) is 35.9 Å². The van der Waals surface area contributed by atoms with Crippen molar-refractivity contribution < 1.29 is 14.3 Å². The molecular formula is C16H19Cl2NO3. The largest absolute Gasteiger partial charge is 0.497 e. The Morgan fingerprint density at radius 2 is 2.05 bits per heavy atom. The smallest absolute Gasteiger partial charge is 0.229 e. The van der Waals surface area contributed by atoms with Crippen molar-refractivity contribution >= 4 is 29.1 Å². The summed E-state index contributed by atoms with van der Waals surface area (Å²) in [6.07, 6.45) is 2.42. The number of benzene rings is 1. The quantitative estimate of drug-likeness (QED) is 0.784. The van der Waals surface area contributed by atoms with Crippen LogP contribution in [0, 0.1) is 5.92 Å². The number of carbonyl (C=O) groups excluding carboxylic acids is 1. The van der Waals surface area contributed by atoms with Gasteiger partial charge in [-0.2, -0.15) is 0 Å². The minimum atomic E-state index is -0.881. The number of hydrogen-bond donors (Lipinski definition) is 0. The van der Waals surface area contributed by atoms with Gasteiger partial charge in [0.2, 0.25) is 5.91 Å². The van der Waals surface area contributed by atoms with Gasteiger partial charge in [-0.15, -0.1) is 23.2 Å². The average molecular weight is 344 g/mol. The summed E-state index contributed by atoms with van der Waals surface area (Å²) < 4.78 is 9.82. The minimum absolute atomic E-state index is 0.0121. The normalized spacial score (nSPS) is 25.9. The molecule has 0 aromatic heterocycles. The number of rotatable bonds is 4. The van der Waals surface area contributed by atoms with Gasteiger partial charge < -0.3 is 14.4 Å². The molecule has 2 atom stereocenters. The SMILES string of the molecule is COc1ccc(C2CCCN2C(=O)C2CC2(Cl)Cl)c(OC)c1. The molecule has 1 saturated heterocycles. The lowest BCUT2D eigenvalue weighted by Gasteiger charge is -2.27. The molecule has 1 aromatic rings. The zero-order chi connectivity index (χ0) is 15.9. The van der Waals surface area contributed by atoms with Crippen molar-refractivity contribution in [2.75, 3.05) is 20.8 Å². The fourth-order valence-corrected chi connectivity index (χ4v) is 3.62. The third kappa shape index (κ3) is 2.74. The molecule has 0 spiro atoms. The van der Waals surface area contributed by atoms with Crippen LogP contribution >= 0.6 is 23.2 Å². The minimum Gasteiger partial charge on any atom is -0.497 e. The fraction of sp³-hybridized carbons (Fsp3) is 0.562. The Labute approximate surface area is 140 Å². The third-order valence-corrected chi connectivity index (χ3v) is 5.30. The van der Waals surface area contributed by atoms with Crippen molar-refractivity contribution in [3.63, 3.8) is 0 Å². The van der Waals surface area contributed by atoms with Crippen LogP contribution in [0.1, 0.15) is 30.9 Å². The van der Waals surface area contributed by atoms with Crippen LogP contribution in [0.5, 0.6) is 11.5 Å². The summed E-state index contributed by atoms with van der Waals surface area (Å²) in [4.78, 5) is 14.5. The highest BCUT2D eigenvalue weighted by Crippen LogP contribution is 2.55. The predicted octanol–water partition coefficient (Wildman–Crippen LogP) is 3.56. The molecule has 1 saturated carbocycles. The van der Waals surface area contributed by atoms with Gasteiger partial charge in [-0.3, -0.25) is 4.79 Å². The van der Waals surface area contributed by atoms with Crippen LogP contribution in [0.15, 0.2) is 18.2 Å². The van der Waals surface area contributed by atoms with E-state index in [2.05, 4.69) is 0 Å². The van der Waals surface area contributed by atoms with Gasteiger partial charge in [-0.25, -0.2) is 0 Å². The molecule has 120 valence electrons. The Morgan fingerprint density at radius 3 is 2.64 bits per heavy atom. The molecule has 1 amide bonds. The van der Waals surface area contributed by atoms with E-state index in [9.17, 15) is 4.79 Å². The number of methoxy groups -OCH3 is 2. The number of amides is 1. The molecule has 1 aromatic carbocycles. The van der Waals surface area contributed by atoms with Gasteiger partial charge in [0.1, 0.15) is 15.8 Å². The summed E-state index contributed by atoms with van der Waals surface area (Å²) in [5.41, 5.74) is 1.00. The lowest BCUT2D eigenvalue weighted by atomic mass is 10.0. The van der Waals surface area contributed by atoms with E-state index in [0.717, 1.165) is 36.4 Å². The molecule has 22 heavy (non-hydrogen) atoms. The molecule has 6 heteroatoms. The number of alkyl halides is 2. The van der Waals surface area contributed by atoms with Crippen molar-refractivity contribution in [1.82, 2.24) is 4.90 Å². The van der Waals surface area contributed by atoms with E-state index >= 15 is 0 Å². The summed E-state index contributed by atoms with van der Waals surface area (Å²) in [6, 6.07) is 5.72. The van der Waals surface area contributed by atoms with Gasteiger partial charge in [0.05, 0.1) is 26.2 Å². The van der Waals surface area contributed by atoms with Crippen molar-refractivity contribution in [3.8, 4) is 11.5 Å². The first-order valence-corrected chi connectivity index (χ1v) is 8.13. The first kappa shape index (κ1) is 15.8. The second-order valence-electron chi connectivity index (χ2n) is 5.82. The van der Waals surface area contributed by atoms with Gasteiger partial charge in [-0.1, -0.05) is 0 Å². The summed E-state index contributed by atoms with van der Waals surface area (Å²) >= 11 is 12.1. The van der Waals surface area contributed by atoms with Crippen LogP contribution in [-0.2, 0) is 4.79 Å². The van der Waals surface area contributed by atoms with Gasteiger partial charge in [0.25, 0.3) is 0 Å². The lowest BCUT2D eigenvalue weighted by Crippen LogP contribution is -2.33. The van der Waals surface area contributed by atoms with Crippen molar-refractivity contribution in [2.45, 2.75) is 29.6 Å². The number of hydrogen-bond acceptors (Lipinski definition) is 3. The predicted molar refractivity (Wildman–Crippen MR) is 85.8 cm³/mol. The van der Waals surface area contributed by atoms with Crippen molar-refractivity contribution in [2.24, 2.45) is 5.92 Å². The van der Waals surface area contributed by atoms with Crippen LogP contribution in [0.2, 0.25) is 0 Å². The van der Waals surface area contributed by atoms with E-state index < -0.39 is 4.33 Å². The number of likely N-dealkylation sites (tertiary alicyclic amines) is 1. The highest BCUT2D eigenvalue weighted by Gasteiger charge is 2.58. The van der Waals surface area contributed by atoms with E-state index in [1.54, 1.807) is 14.2 Å². The maximum atomic E-state index is 12.6. The molecule has 1 heterocycles. The maximum Gasteiger partial charge on any atom is 0.229 e. The number of ether oxygens (including phenoxy) is 2. The first-order chi connectivity index (χ1) is 10.5. The van der Waals surface area contributed by atoms with E-state index in [4.69, 9.17) is 32.7 Å². The molecular weight excluding hydrogens is 325 g/mol. The first-order valence-electron chi connectivity index (χ1n) is 7.38. The second kappa shape index (κ2) is 5.82. The van der Waals surface area contributed by atoms with E-state index in [-0.39, 0.29) is 17.9 Å². The maximum absolute atomic E-state index is 12.6. The Balaban J connectivity index is 1.86. The third-order valence-electron chi connectivity index (χ3n) is 4.46. The van der Waals surface area contributed by atoms with Crippen LogP contribution in [0.3, 0.4) is 0 Å². The lowest BCUT2D eigenvalue weighted by molar-refractivity contribution is -0.133. The molecule has 3 rings (SSSR count). The molecule has 1 aliphatic heterocycles. The molecule has 0 bridgehead atoms. The van der Waals surface area contributed by atoms with Gasteiger partial charge in [0.15, 0.2) is 0 Å². The highest BCUT2D eigenvalue weighted by atomic mass is 35.5. The van der Waals surface area contributed by atoms with Crippen LogP contribution in [0.25, 0.3) is 0 Å². The average Bonchev–Trinajstić information content (AvgIpc) is 2.94. The highest BCUT2D eigenvalue weighted by molar-refractivity contribution is 6.52. The number of carbonyl (C=O) groups is 1. The standard InChI is InChI=1S/C16H19Cl2NO3/c1-21-10-5-6-11(14(8-10)22-2)13-4-3-7-19(13)15(20)12-9-16(12,17)18/h5-6,8,12-13H,3-4,7,9H2,1-2H3. The van der Waals surface area contributed by atoms with E-state index in [1.165, 1.54) is 0 Å². The van der Waals surface area contributed by atoms with Gasteiger partial charge in [-0.05, 0) is 31.4 Å². The molecule has 0 radical (unpaired) electrons. The molecule has 0 N–H and O–H groups in total. The Hall–Kier alpha value is -1.13. The molecule has 2 unspecified atom stereocenters. The monoisotopic (exact) mass is 343 g/mol. The Morgan fingerprint density at radius 1 is 1.32 bits per heavy atom. The van der Waals surface area contributed by atoms with Crippen LogP contribution < -0.4 is 9.47 Å². The molecule has 2 fully saturated rings. The Bertz CT molecular complexity index is 591. The fourth-order valence-electron chi connectivity index (χ4n) is 3.13. The Kier molecular flexibility index (Phi) is 4.17. The number of nitrogens with zero attached hydrogens (tertiary/aromatic N) is 1. The topological polar surface area (TPSA) is 38.8 Å². The van der Waals surface area contributed by atoms with Crippen LogP contribution in [0.4, 0.5) is 0 Å². The van der Waals surface area contributed by atoms with E-state index in [1.807, 2.05) is 23.1 Å². The van der Waals surface area contributed by atoms with Crippen molar-refractivity contribution in [1.29, 1.82) is 0 Å². The zero-order valence-electron chi connectivity index (χ0n) is 12.6. The number of halogens is 2. The van der Waals surface area contributed by atoms with Crippen molar-refractivity contribution in [3.05, 3.63) is 23.8 Å². The summed E-state index contributed by atoms with van der Waals surface area (Å²) in [5.74, 6) is 1.24. The molecule has 1 aliphatic carbocycles. The van der Waals surface area contributed by atoms with Gasteiger partial charge in [0, 0.05) is 18.2 Å². The van der Waals surface area contributed by atoms with Gasteiger partial charge >= 0.3 is 0 Å². The summed E-state index contributed by atoms with van der Waals surface area (Å²) in [5, 5.41) is 0. The molecule has 2 aliphatic rings. The summed E-state index contributed by atoms with van der Waals surface area (Å²) in [7, 11) is 3.25. The summed E-state index contributed by atoms with van der Waals surface area (Å²) in [6.45, 7) is 0.735. The second-order valence-corrected chi connectivity index (χ2v) is 7.36.